The zero-order valence-electron chi connectivity index (χ0n) is 9.72. The molecular formula is C12H20N2OS. The van der Waals surface area contributed by atoms with Gasteiger partial charge >= 0.3 is 0 Å². The highest BCUT2D eigenvalue weighted by molar-refractivity contribution is 7.09. The van der Waals surface area contributed by atoms with E-state index in [9.17, 15) is 5.11 Å². The topological polar surface area (TPSA) is 45.1 Å². The minimum atomic E-state index is -0.102. The normalized spacial score (nSPS) is 27.9. The van der Waals surface area contributed by atoms with Gasteiger partial charge in [-0.05, 0) is 25.7 Å². The molecule has 1 aromatic rings. The Morgan fingerprint density at radius 2 is 2.38 bits per heavy atom. The minimum absolute atomic E-state index is 0.102. The largest absolute Gasteiger partial charge is 0.393 e. The van der Waals surface area contributed by atoms with E-state index in [1.165, 1.54) is 17.7 Å². The van der Waals surface area contributed by atoms with Crippen LogP contribution in [0.2, 0.25) is 0 Å². The third-order valence-electron chi connectivity index (χ3n) is 3.43. The molecule has 2 N–H and O–H groups in total. The molecule has 0 bridgehead atoms. The Morgan fingerprint density at radius 3 is 3.06 bits per heavy atom. The molecule has 1 fully saturated rings. The molecule has 2 rings (SSSR count). The van der Waals surface area contributed by atoms with Crippen LogP contribution in [-0.2, 0) is 0 Å². The van der Waals surface area contributed by atoms with E-state index in [0.29, 0.717) is 12.0 Å². The standard InChI is InChI=1S/C12H20N2OS/c1-9(12-7-13-8-16-12)14-6-10-4-2-3-5-11(10)15/h7-11,14-15H,2-6H2,1H3. The van der Waals surface area contributed by atoms with E-state index in [4.69, 9.17) is 0 Å². The molecule has 0 aromatic carbocycles. The van der Waals surface area contributed by atoms with Crippen molar-refractivity contribution in [1.82, 2.24) is 10.3 Å². The summed E-state index contributed by atoms with van der Waals surface area (Å²) in [4.78, 5) is 5.35. The van der Waals surface area contributed by atoms with Crippen molar-refractivity contribution in [1.29, 1.82) is 0 Å². The summed E-state index contributed by atoms with van der Waals surface area (Å²) in [7, 11) is 0. The Hall–Kier alpha value is -0.450. The van der Waals surface area contributed by atoms with Gasteiger partial charge in [-0.25, -0.2) is 0 Å². The van der Waals surface area contributed by atoms with Gasteiger partial charge in [0.1, 0.15) is 0 Å². The lowest BCUT2D eigenvalue weighted by molar-refractivity contribution is 0.0684. The molecule has 0 amide bonds. The van der Waals surface area contributed by atoms with Crippen molar-refractivity contribution in [3.05, 3.63) is 16.6 Å². The maximum absolute atomic E-state index is 9.86. The number of hydrogen-bond acceptors (Lipinski definition) is 4. The molecule has 0 spiro atoms. The van der Waals surface area contributed by atoms with Gasteiger partial charge in [-0.1, -0.05) is 12.8 Å². The fourth-order valence-corrected chi connectivity index (χ4v) is 2.95. The molecule has 1 aliphatic rings. The fourth-order valence-electron chi connectivity index (χ4n) is 2.29. The van der Waals surface area contributed by atoms with Crippen molar-refractivity contribution in [3.8, 4) is 0 Å². The van der Waals surface area contributed by atoms with E-state index in [1.54, 1.807) is 11.3 Å². The minimum Gasteiger partial charge on any atom is -0.393 e. The molecule has 0 saturated heterocycles. The van der Waals surface area contributed by atoms with Gasteiger partial charge in [-0.15, -0.1) is 11.3 Å². The van der Waals surface area contributed by atoms with E-state index < -0.39 is 0 Å². The summed E-state index contributed by atoms with van der Waals surface area (Å²) in [6.45, 7) is 3.07. The van der Waals surface area contributed by atoms with Gasteiger partial charge in [-0.3, -0.25) is 4.98 Å². The summed E-state index contributed by atoms with van der Waals surface area (Å²) in [6, 6.07) is 0.349. The summed E-state index contributed by atoms with van der Waals surface area (Å²) in [6.07, 6.45) is 6.39. The summed E-state index contributed by atoms with van der Waals surface area (Å²) in [5, 5.41) is 13.4. The monoisotopic (exact) mass is 240 g/mol. The number of hydrogen-bond donors (Lipinski definition) is 2. The Labute approximate surface area is 101 Å². The maximum Gasteiger partial charge on any atom is 0.0794 e. The van der Waals surface area contributed by atoms with E-state index in [1.807, 2.05) is 11.7 Å². The van der Waals surface area contributed by atoms with E-state index >= 15 is 0 Å². The molecule has 16 heavy (non-hydrogen) atoms. The lowest BCUT2D eigenvalue weighted by atomic mass is 9.86. The Balaban J connectivity index is 1.78. The van der Waals surface area contributed by atoms with Gasteiger partial charge < -0.3 is 10.4 Å². The predicted octanol–water partition coefficient (Wildman–Crippen LogP) is 2.34. The average molecular weight is 240 g/mol. The predicted molar refractivity (Wildman–Crippen MR) is 66.5 cm³/mol. The molecule has 1 aromatic heterocycles. The Kier molecular flexibility index (Phi) is 4.32. The van der Waals surface area contributed by atoms with Crippen LogP contribution in [-0.4, -0.2) is 22.7 Å². The van der Waals surface area contributed by atoms with Crippen LogP contribution in [0.25, 0.3) is 0 Å². The number of aliphatic hydroxyl groups excluding tert-OH is 1. The number of aromatic nitrogens is 1. The first-order valence-electron chi connectivity index (χ1n) is 6.07. The van der Waals surface area contributed by atoms with Crippen LogP contribution in [0.5, 0.6) is 0 Å². The van der Waals surface area contributed by atoms with Crippen LogP contribution in [0.1, 0.15) is 43.5 Å². The molecule has 1 aliphatic carbocycles. The van der Waals surface area contributed by atoms with Crippen LogP contribution in [0, 0.1) is 5.92 Å². The molecular weight excluding hydrogens is 220 g/mol. The van der Waals surface area contributed by atoms with Gasteiger partial charge in [0, 0.05) is 23.7 Å². The van der Waals surface area contributed by atoms with Crippen molar-refractivity contribution < 1.29 is 5.11 Å². The second-order valence-corrected chi connectivity index (χ2v) is 5.56. The highest BCUT2D eigenvalue weighted by Crippen LogP contribution is 2.25. The highest BCUT2D eigenvalue weighted by Gasteiger charge is 2.23. The van der Waals surface area contributed by atoms with Crippen LogP contribution < -0.4 is 5.32 Å². The molecule has 90 valence electrons. The summed E-state index contributed by atoms with van der Waals surface area (Å²) in [5.74, 6) is 0.434. The molecule has 3 unspecified atom stereocenters. The fraction of sp³-hybridized carbons (Fsp3) is 0.750. The number of rotatable bonds is 4. The smallest absolute Gasteiger partial charge is 0.0794 e. The number of aliphatic hydroxyl groups is 1. The van der Waals surface area contributed by atoms with Crippen LogP contribution in [0.15, 0.2) is 11.7 Å². The SMILES string of the molecule is CC(NCC1CCCCC1O)c1cncs1. The highest BCUT2D eigenvalue weighted by atomic mass is 32.1. The van der Waals surface area contributed by atoms with E-state index in [-0.39, 0.29) is 6.10 Å². The summed E-state index contributed by atoms with van der Waals surface area (Å²) < 4.78 is 0. The van der Waals surface area contributed by atoms with Crippen LogP contribution in [0.4, 0.5) is 0 Å². The number of thiazole rings is 1. The second kappa shape index (κ2) is 5.75. The van der Waals surface area contributed by atoms with Crippen molar-refractivity contribution in [2.45, 2.75) is 44.8 Å². The van der Waals surface area contributed by atoms with E-state index in [0.717, 1.165) is 19.4 Å². The first-order chi connectivity index (χ1) is 7.77. The Morgan fingerprint density at radius 1 is 1.56 bits per heavy atom. The lowest BCUT2D eigenvalue weighted by Gasteiger charge is -2.28. The molecule has 0 radical (unpaired) electrons. The zero-order valence-corrected chi connectivity index (χ0v) is 10.5. The van der Waals surface area contributed by atoms with Crippen molar-refractivity contribution in [2.24, 2.45) is 5.92 Å². The molecule has 1 saturated carbocycles. The van der Waals surface area contributed by atoms with Crippen molar-refractivity contribution in [2.75, 3.05) is 6.54 Å². The van der Waals surface area contributed by atoms with Gasteiger partial charge in [0.25, 0.3) is 0 Å². The second-order valence-electron chi connectivity index (χ2n) is 4.65. The Bertz CT molecular complexity index is 302. The maximum atomic E-state index is 9.86. The third-order valence-corrected chi connectivity index (χ3v) is 4.39. The van der Waals surface area contributed by atoms with E-state index in [2.05, 4.69) is 17.2 Å². The van der Waals surface area contributed by atoms with Gasteiger partial charge in [0.05, 0.1) is 11.6 Å². The first kappa shape index (κ1) is 12.0. The first-order valence-corrected chi connectivity index (χ1v) is 6.95. The molecule has 3 nitrogen and oxygen atoms in total. The van der Waals surface area contributed by atoms with Crippen molar-refractivity contribution >= 4 is 11.3 Å². The van der Waals surface area contributed by atoms with Gasteiger partial charge in [0.15, 0.2) is 0 Å². The van der Waals surface area contributed by atoms with Crippen molar-refractivity contribution in [3.63, 3.8) is 0 Å². The van der Waals surface area contributed by atoms with Gasteiger partial charge in [0.2, 0.25) is 0 Å². The van der Waals surface area contributed by atoms with Gasteiger partial charge in [-0.2, -0.15) is 0 Å². The third kappa shape index (κ3) is 3.03. The molecule has 1 heterocycles. The van der Waals surface area contributed by atoms with Crippen LogP contribution >= 0.6 is 11.3 Å². The van der Waals surface area contributed by atoms with Crippen LogP contribution in [0.3, 0.4) is 0 Å². The average Bonchev–Trinajstić information content (AvgIpc) is 2.81. The number of nitrogens with zero attached hydrogens (tertiary/aromatic N) is 1. The molecule has 3 atom stereocenters. The quantitative estimate of drug-likeness (QED) is 0.849. The zero-order chi connectivity index (χ0) is 11.4. The molecule has 4 heteroatoms. The summed E-state index contributed by atoms with van der Waals surface area (Å²) in [5.41, 5.74) is 1.86. The molecule has 0 aliphatic heterocycles. The lowest BCUT2D eigenvalue weighted by Crippen LogP contribution is -2.34. The summed E-state index contributed by atoms with van der Waals surface area (Å²) >= 11 is 1.68. The number of nitrogens with one attached hydrogen (secondary N) is 1.